The van der Waals surface area contributed by atoms with Crippen molar-refractivity contribution in [2.45, 2.75) is 45.2 Å². The molecule has 0 unspecified atom stereocenters. The molecule has 2 aromatic heterocycles. The van der Waals surface area contributed by atoms with E-state index in [1.54, 1.807) is 11.1 Å². The number of aromatic nitrogens is 5. The average Bonchev–Trinajstić information content (AvgIpc) is 3.60. The lowest BCUT2D eigenvalue weighted by atomic mass is 10.1. The van der Waals surface area contributed by atoms with Crippen molar-refractivity contribution in [2.75, 3.05) is 6.54 Å². The summed E-state index contributed by atoms with van der Waals surface area (Å²) < 4.78 is 5.69. The first-order chi connectivity index (χ1) is 16.6. The number of hydrogen-bond donors (Lipinski definition) is 2. The third-order valence-corrected chi connectivity index (χ3v) is 6.05. The normalized spacial score (nSPS) is 16.3. The van der Waals surface area contributed by atoms with Crippen LogP contribution in [0.2, 0.25) is 0 Å². The Bertz CT molecular complexity index is 1250. The molecule has 0 bridgehead atoms. The molecule has 11 nitrogen and oxygen atoms in total. The molecule has 1 aliphatic carbocycles. The van der Waals surface area contributed by atoms with Crippen LogP contribution in [0.3, 0.4) is 0 Å². The fourth-order valence-electron chi connectivity index (χ4n) is 4.22. The van der Waals surface area contributed by atoms with Crippen LogP contribution in [0.15, 0.2) is 44.9 Å². The van der Waals surface area contributed by atoms with Crippen molar-refractivity contribution in [1.82, 2.24) is 35.8 Å². The number of benzene rings is 1. The molecule has 2 N–H and O–H groups in total. The van der Waals surface area contributed by atoms with E-state index in [1.165, 1.54) is 11.1 Å². The molecule has 11 heteroatoms. The van der Waals surface area contributed by atoms with Gasteiger partial charge >= 0.3 is 0 Å². The summed E-state index contributed by atoms with van der Waals surface area (Å²) in [7, 11) is 0. The van der Waals surface area contributed by atoms with E-state index in [1.807, 2.05) is 6.92 Å². The Morgan fingerprint density at radius 3 is 2.85 bits per heavy atom. The van der Waals surface area contributed by atoms with E-state index in [0.29, 0.717) is 36.9 Å². The van der Waals surface area contributed by atoms with Crippen LogP contribution in [0.25, 0.3) is 5.57 Å². The van der Waals surface area contributed by atoms with Crippen LogP contribution >= 0.6 is 0 Å². The number of hydrogen-bond acceptors (Lipinski definition) is 7. The average molecular weight is 460 g/mol. The van der Waals surface area contributed by atoms with Gasteiger partial charge in [-0.25, -0.2) is 9.98 Å². The summed E-state index contributed by atoms with van der Waals surface area (Å²) in [6.45, 7) is 6.45. The van der Waals surface area contributed by atoms with Crippen molar-refractivity contribution in [3.63, 3.8) is 0 Å². The van der Waals surface area contributed by atoms with E-state index >= 15 is 0 Å². The highest BCUT2D eigenvalue weighted by Crippen LogP contribution is 2.22. The third kappa shape index (κ3) is 4.63. The fourth-order valence-corrected chi connectivity index (χ4v) is 4.22. The fraction of sp³-hybridized carbons (Fsp3) is 0.348. The van der Waals surface area contributed by atoms with Gasteiger partial charge in [-0.05, 0) is 37.6 Å². The number of carbonyl (C=O) groups is 1. The summed E-state index contributed by atoms with van der Waals surface area (Å²) in [6, 6.07) is 8.63. The van der Waals surface area contributed by atoms with Crippen molar-refractivity contribution in [2.24, 2.45) is 9.98 Å². The Labute approximate surface area is 196 Å². The van der Waals surface area contributed by atoms with Crippen LogP contribution in [0.1, 0.15) is 41.2 Å². The monoisotopic (exact) mass is 459 g/mol. The zero-order valence-corrected chi connectivity index (χ0v) is 18.9. The number of fused-ring (bicyclic) bond motifs is 2. The van der Waals surface area contributed by atoms with E-state index in [-0.39, 0.29) is 24.3 Å². The van der Waals surface area contributed by atoms with Crippen molar-refractivity contribution >= 4 is 24.2 Å². The lowest BCUT2D eigenvalue weighted by molar-refractivity contribution is -0.131. The van der Waals surface area contributed by atoms with E-state index in [9.17, 15) is 4.79 Å². The van der Waals surface area contributed by atoms with Crippen molar-refractivity contribution < 1.29 is 9.21 Å². The molecule has 0 fully saturated rings. The van der Waals surface area contributed by atoms with Crippen LogP contribution in [0.5, 0.6) is 0 Å². The number of allylic oxidation sites excluding steroid dienone is 1. The SMILES string of the molecule is C=N/C(=N\C=C(/C)c1nnc(CC(=O)N2CCc3[nH]nnc3C2)o1)NC1Cc2ccccc2C1. The lowest BCUT2D eigenvalue weighted by Crippen LogP contribution is -2.37. The molecular weight excluding hydrogens is 434 g/mol. The summed E-state index contributed by atoms with van der Waals surface area (Å²) in [6.07, 6.45) is 4.17. The highest BCUT2D eigenvalue weighted by molar-refractivity contribution is 5.85. The van der Waals surface area contributed by atoms with Crippen LogP contribution in [0, 0.1) is 0 Å². The van der Waals surface area contributed by atoms with Gasteiger partial charge in [0.1, 0.15) is 12.1 Å². The van der Waals surface area contributed by atoms with E-state index in [4.69, 9.17) is 4.42 Å². The molecule has 0 saturated heterocycles. The quantitative estimate of drug-likeness (QED) is 0.435. The first-order valence-corrected chi connectivity index (χ1v) is 11.1. The zero-order valence-electron chi connectivity index (χ0n) is 18.9. The Hall–Kier alpha value is -4.15. The summed E-state index contributed by atoms with van der Waals surface area (Å²) >= 11 is 0. The maximum absolute atomic E-state index is 12.7. The molecule has 174 valence electrons. The second-order valence-corrected chi connectivity index (χ2v) is 8.42. The third-order valence-electron chi connectivity index (χ3n) is 6.05. The molecule has 1 aromatic carbocycles. The number of rotatable bonds is 5. The predicted molar refractivity (Wildman–Crippen MR) is 125 cm³/mol. The maximum Gasteiger partial charge on any atom is 0.245 e. The molecule has 3 heterocycles. The van der Waals surface area contributed by atoms with Crippen molar-refractivity contribution in [3.05, 3.63) is 64.8 Å². The van der Waals surface area contributed by atoms with Gasteiger partial charge in [0.25, 0.3) is 0 Å². The van der Waals surface area contributed by atoms with Crippen molar-refractivity contribution in [1.29, 1.82) is 0 Å². The van der Waals surface area contributed by atoms with E-state index in [2.05, 4.69) is 71.9 Å². The van der Waals surface area contributed by atoms with Crippen LogP contribution < -0.4 is 5.32 Å². The number of nitrogens with one attached hydrogen (secondary N) is 2. The highest BCUT2D eigenvalue weighted by atomic mass is 16.4. The molecular formula is C23H25N9O2. The van der Waals surface area contributed by atoms with E-state index < -0.39 is 0 Å². The van der Waals surface area contributed by atoms with Gasteiger partial charge in [-0.3, -0.25) is 9.89 Å². The first kappa shape index (κ1) is 21.7. The largest absolute Gasteiger partial charge is 0.420 e. The molecule has 3 aromatic rings. The zero-order chi connectivity index (χ0) is 23.5. The standard InChI is InChI=1S/C23H25N9O2/c1-14(12-25-23(24-2)26-17-9-15-5-3-4-6-16(15)10-17)22-30-29-20(34-22)11-21(33)32-8-7-18-19(13-32)28-31-27-18/h3-6,12,17H,2,7-11,13H2,1H3,(H,25,26)(H,27,28,31)/b14-12+. The molecule has 0 atom stereocenters. The van der Waals surface area contributed by atoms with Gasteiger partial charge in [0, 0.05) is 30.8 Å². The number of H-pyrrole nitrogens is 1. The first-order valence-electron chi connectivity index (χ1n) is 11.1. The summed E-state index contributed by atoms with van der Waals surface area (Å²) in [4.78, 5) is 22.8. The van der Waals surface area contributed by atoms with Gasteiger partial charge in [-0.1, -0.05) is 29.5 Å². The van der Waals surface area contributed by atoms with Crippen molar-refractivity contribution in [3.8, 4) is 0 Å². The lowest BCUT2D eigenvalue weighted by Gasteiger charge is -2.25. The molecule has 2 aliphatic rings. The van der Waals surface area contributed by atoms with Gasteiger partial charge < -0.3 is 14.6 Å². The minimum Gasteiger partial charge on any atom is -0.420 e. The molecule has 5 rings (SSSR count). The van der Waals surface area contributed by atoms with E-state index in [0.717, 1.165) is 24.2 Å². The number of aliphatic imine (C=N–C) groups is 2. The van der Waals surface area contributed by atoms with Gasteiger partial charge in [-0.15, -0.1) is 15.3 Å². The predicted octanol–water partition coefficient (Wildman–Crippen LogP) is 1.49. The van der Waals surface area contributed by atoms with Gasteiger partial charge in [0.2, 0.25) is 23.6 Å². The molecule has 0 spiro atoms. The molecule has 1 amide bonds. The Kier molecular flexibility index (Phi) is 5.98. The molecule has 0 radical (unpaired) electrons. The number of amides is 1. The highest BCUT2D eigenvalue weighted by Gasteiger charge is 2.25. The van der Waals surface area contributed by atoms with Crippen LogP contribution in [-0.4, -0.2) is 61.7 Å². The second kappa shape index (κ2) is 9.38. The Morgan fingerprint density at radius 2 is 2.09 bits per heavy atom. The summed E-state index contributed by atoms with van der Waals surface area (Å²) in [5.74, 6) is 0.903. The van der Waals surface area contributed by atoms with Crippen LogP contribution in [0.4, 0.5) is 0 Å². The van der Waals surface area contributed by atoms with Gasteiger partial charge in [0.05, 0.1) is 12.2 Å². The smallest absolute Gasteiger partial charge is 0.245 e. The number of nitrogens with zero attached hydrogens (tertiary/aromatic N) is 7. The molecule has 34 heavy (non-hydrogen) atoms. The van der Waals surface area contributed by atoms with Crippen LogP contribution in [-0.2, 0) is 37.0 Å². The minimum absolute atomic E-state index is 0.0278. The number of guanidine groups is 1. The number of carbonyl (C=O) groups excluding carboxylic acids is 1. The maximum atomic E-state index is 12.7. The van der Waals surface area contributed by atoms with Gasteiger partial charge in [-0.2, -0.15) is 0 Å². The molecule has 1 aliphatic heterocycles. The Balaban J connectivity index is 1.18. The summed E-state index contributed by atoms with van der Waals surface area (Å²) in [5, 5.41) is 22.1. The summed E-state index contributed by atoms with van der Waals surface area (Å²) in [5.41, 5.74) is 5.12. The van der Waals surface area contributed by atoms with Gasteiger partial charge in [0.15, 0.2) is 0 Å². The number of aromatic amines is 1. The topological polar surface area (TPSA) is 138 Å². The Morgan fingerprint density at radius 1 is 1.29 bits per heavy atom. The molecule has 0 saturated carbocycles. The minimum atomic E-state index is -0.0941. The second-order valence-electron chi connectivity index (χ2n) is 8.42.